The summed E-state index contributed by atoms with van der Waals surface area (Å²) in [4.78, 5) is 0. The summed E-state index contributed by atoms with van der Waals surface area (Å²) in [6, 6.07) is 9.01. The van der Waals surface area contributed by atoms with Crippen LogP contribution in [-0.2, 0) is 12.8 Å². The van der Waals surface area contributed by atoms with Gasteiger partial charge in [-0.2, -0.15) is 0 Å². The van der Waals surface area contributed by atoms with E-state index >= 15 is 0 Å². The topological polar surface area (TPSA) is 121 Å². The van der Waals surface area contributed by atoms with Crippen LogP contribution in [0.25, 0.3) is 0 Å². The first-order chi connectivity index (χ1) is 15.2. The molecule has 186 valence electrons. The van der Waals surface area contributed by atoms with Crippen molar-refractivity contribution in [3.05, 3.63) is 35.4 Å². The van der Waals surface area contributed by atoms with Crippen molar-refractivity contribution >= 4 is 0 Å². The third kappa shape index (κ3) is 18.5. The number of aliphatic hydroxyl groups is 6. The van der Waals surface area contributed by atoms with Gasteiger partial charge < -0.3 is 30.6 Å². The maximum atomic E-state index is 8.83. The molecule has 0 heterocycles. The Balaban J connectivity index is 1.95. The fraction of sp³-hybridized carbons (Fsp3) is 0.769. The molecule has 0 aliphatic rings. The molecule has 0 aromatic heterocycles. The van der Waals surface area contributed by atoms with Crippen LogP contribution < -0.4 is 0 Å². The average Bonchev–Trinajstić information content (AvgIpc) is 2.70. The summed E-state index contributed by atoms with van der Waals surface area (Å²) in [6.07, 6.45) is 17.1. The largest absolute Gasteiger partial charge is 0.344 e. The van der Waals surface area contributed by atoms with Crippen molar-refractivity contribution < 1.29 is 30.6 Å². The first-order valence-electron chi connectivity index (χ1n) is 12.6. The van der Waals surface area contributed by atoms with Gasteiger partial charge in [-0.3, -0.25) is 0 Å². The average molecular weight is 455 g/mol. The van der Waals surface area contributed by atoms with Gasteiger partial charge >= 0.3 is 0 Å². The lowest BCUT2D eigenvalue weighted by atomic mass is 10.0. The smallest absolute Gasteiger partial charge is 0.275 e. The predicted octanol–water partition coefficient (Wildman–Crippen LogP) is 4.27. The summed E-state index contributed by atoms with van der Waals surface area (Å²) in [5.74, 6) is -5.01. The molecule has 0 fully saturated rings. The molecule has 0 aliphatic carbocycles. The Kier molecular flexibility index (Phi) is 15.0. The van der Waals surface area contributed by atoms with Crippen molar-refractivity contribution in [3.8, 4) is 0 Å². The van der Waals surface area contributed by atoms with E-state index in [0.717, 1.165) is 51.4 Å². The number of unbranched alkanes of at least 4 members (excludes halogenated alkanes) is 12. The second-order valence-electron chi connectivity index (χ2n) is 9.31. The summed E-state index contributed by atoms with van der Waals surface area (Å²) in [5, 5.41) is 53.0. The minimum atomic E-state index is -2.50. The molecule has 0 amide bonds. The summed E-state index contributed by atoms with van der Waals surface area (Å²) in [6.45, 7) is 0. The molecule has 1 rings (SSSR count). The van der Waals surface area contributed by atoms with Crippen LogP contribution in [-0.4, -0.2) is 42.6 Å². The minimum absolute atomic E-state index is 0.0217. The zero-order chi connectivity index (χ0) is 23.7. The zero-order valence-electron chi connectivity index (χ0n) is 19.7. The first kappa shape index (κ1) is 29.0. The molecule has 0 atom stereocenters. The van der Waals surface area contributed by atoms with E-state index in [4.69, 9.17) is 30.6 Å². The third-order valence-electron chi connectivity index (χ3n) is 5.98. The maximum Gasteiger partial charge on any atom is 0.275 e. The summed E-state index contributed by atoms with van der Waals surface area (Å²) in [5.41, 5.74) is 2.80. The van der Waals surface area contributed by atoms with Crippen molar-refractivity contribution in [2.75, 3.05) is 0 Å². The Morgan fingerprint density at radius 3 is 0.906 bits per heavy atom. The highest BCUT2D eigenvalue weighted by molar-refractivity contribution is 5.22. The van der Waals surface area contributed by atoms with Gasteiger partial charge in [-0.15, -0.1) is 0 Å². The highest BCUT2D eigenvalue weighted by atomic mass is 16.7. The molecule has 0 unspecified atom stereocenters. The van der Waals surface area contributed by atoms with Gasteiger partial charge in [-0.05, 0) is 49.7 Å². The second kappa shape index (κ2) is 16.6. The zero-order valence-corrected chi connectivity index (χ0v) is 19.7. The van der Waals surface area contributed by atoms with Crippen LogP contribution in [0, 0.1) is 0 Å². The Labute approximate surface area is 193 Å². The van der Waals surface area contributed by atoms with Crippen LogP contribution in [0.1, 0.15) is 114 Å². The molecular weight excluding hydrogens is 408 g/mol. The predicted molar refractivity (Wildman–Crippen MR) is 126 cm³/mol. The van der Waals surface area contributed by atoms with Gasteiger partial charge in [-0.1, -0.05) is 88.5 Å². The molecule has 0 aliphatic heterocycles. The first-order valence-corrected chi connectivity index (χ1v) is 12.6. The van der Waals surface area contributed by atoms with Crippen LogP contribution in [0.2, 0.25) is 0 Å². The standard InChI is InChI=1S/C26H46O6/c27-25(28,29)21-13-9-5-1-3-7-11-15-23-17-19-24(20-18-23)16-12-8-4-2-6-10-14-22-26(30,31)32/h17-20,27-32H,1-16,21-22H2. The third-order valence-corrected chi connectivity index (χ3v) is 5.98. The fourth-order valence-corrected chi connectivity index (χ4v) is 4.02. The molecular formula is C26H46O6. The summed E-state index contributed by atoms with van der Waals surface area (Å²) in [7, 11) is 0. The monoisotopic (exact) mass is 454 g/mol. The lowest BCUT2D eigenvalue weighted by molar-refractivity contribution is -0.316. The molecule has 0 saturated carbocycles. The Morgan fingerprint density at radius 1 is 0.375 bits per heavy atom. The van der Waals surface area contributed by atoms with Crippen LogP contribution in [0.4, 0.5) is 0 Å². The Bertz CT molecular complexity index is 508. The van der Waals surface area contributed by atoms with Crippen molar-refractivity contribution in [1.29, 1.82) is 0 Å². The molecule has 1 aromatic rings. The van der Waals surface area contributed by atoms with E-state index in [1.807, 2.05) is 0 Å². The van der Waals surface area contributed by atoms with Gasteiger partial charge in [0.1, 0.15) is 0 Å². The molecule has 0 bridgehead atoms. The van der Waals surface area contributed by atoms with E-state index < -0.39 is 11.9 Å². The number of hydrogen-bond acceptors (Lipinski definition) is 6. The van der Waals surface area contributed by atoms with E-state index in [-0.39, 0.29) is 12.8 Å². The number of hydrogen-bond donors (Lipinski definition) is 6. The fourth-order valence-electron chi connectivity index (χ4n) is 4.02. The molecule has 0 radical (unpaired) electrons. The van der Waals surface area contributed by atoms with Crippen molar-refractivity contribution in [1.82, 2.24) is 0 Å². The van der Waals surface area contributed by atoms with Crippen molar-refractivity contribution in [3.63, 3.8) is 0 Å². The van der Waals surface area contributed by atoms with Gasteiger partial charge in [0.25, 0.3) is 11.9 Å². The van der Waals surface area contributed by atoms with Crippen molar-refractivity contribution in [2.45, 2.75) is 128 Å². The Morgan fingerprint density at radius 2 is 0.625 bits per heavy atom. The molecule has 0 saturated heterocycles. The minimum Gasteiger partial charge on any atom is -0.344 e. The highest BCUT2D eigenvalue weighted by Crippen LogP contribution is 2.16. The molecule has 32 heavy (non-hydrogen) atoms. The SMILES string of the molecule is OC(O)(O)CCCCCCCCCc1ccc(CCCCCCCCCC(O)(O)O)cc1. The molecule has 6 heteroatoms. The van der Waals surface area contributed by atoms with Crippen LogP contribution in [0.15, 0.2) is 24.3 Å². The van der Waals surface area contributed by atoms with Gasteiger partial charge in [0.15, 0.2) is 0 Å². The molecule has 0 spiro atoms. The van der Waals surface area contributed by atoms with Gasteiger partial charge in [0.2, 0.25) is 0 Å². The number of aryl methyl sites for hydroxylation is 2. The van der Waals surface area contributed by atoms with E-state index in [1.54, 1.807) is 0 Å². The van der Waals surface area contributed by atoms with E-state index in [0.29, 0.717) is 12.8 Å². The summed E-state index contributed by atoms with van der Waals surface area (Å²) >= 11 is 0. The van der Waals surface area contributed by atoms with Gasteiger partial charge in [0.05, 0.1) is 0 Å². The lowest BCUT2D eigenvalue weighted by Gasteiger charge is -2.13. The second-order valence-corrected chi connectivity index (χ2v) is 9.31. The van der Waals surface area contributed by atoms with Crippen molar-refractivity contribution in [2.24, 2.45) is 0 Å². The normalized spacial score (nSPS) is 12.4. The van der Waals surface area contributed by atoms with E-state index in [2.05, 4.69) is 24.3 Å². The number of rotatable bonds is 20. The highest BCUT2D eigenvalue weighted by Gasteiger charge is 2.16. The molecule has 6 nitrogen and oxygen atoms in total. The van der Waals surface area contributed by atoms with Gasteiger partial charge in [-0.25, -0.2) is 0 Å². The maximum absolute atomic E-state index is 8.83. The quantitative estimate of drug-likeness (QED) is 0.129. The van der Waals surface area contributed by atoms with Crippen LogP contribution in [0.3, 0.4) is 0 Å². The van der Waals surface area contributed by atoms with Gasteiger partial charge in [0, 0.05) is 12.8 Å². The number of benzene rings is 1. The summed E-state index contributed by atoms with van der Waals surface area (Å²) < 4.78 is 0. The lowest BCUT2D eigenvalue weighted by Crippen LogP contribution is -2.26. The molecule has 6 N–H and O–H groups in total. The van der Waals surface area contributed by atoms with Crippen LogP contribution in [0.5, 0.6) is 0 Å². The van der Waals surface area contributed by atoms with Crippen LogP contribution >= 0.6 is 0 Å². The van der Waals surface area contributed by atoms with E-state index in [9.17, 15) is 0 Å². The Hall–Kier alpha value is -1.02. The van der Waals surface area contributed by atoms with E-state index in [1.165, 1.54) is 49.7 Å². The molecule has 1 aromatic carbocycles.